The molecule has 214 valence electrons. The van der Waals surface area contributed by atoms with Crippen LogP contribution in [0.1, 0.15) is 0 Å². The first kappa shape index (κ1) is 25.4. The highest BCUT2D eigenvalue weighted by Gasteiger charge is 2.18. The van der Waals surface area contributed by atoms with Crippen molar-refractivity contribution in [2.45, 2.75) is 0 Å². The molecule has 46 heavy (non-hydrogen) atoms. The Balaban J connectivity index is 1.28. The van der Waals surface area contributed by atoms with Crippen LogP contribution in [0.4, 0.5) is 0 Å². The summed E-state index contributed by atoms with van der Waals surface area (Å²) in [5.41, 5.74) is 6.53. The highest BCUT2D eigenvalue weighted by molar-refractivity contribution is 7.25. The normalized spacial score (nSPS) is 11.9. The van der Waals surface area contributed by atoms with Crippen LogP contribution in [0.15, 0.2) is 140 Å². The number of benzene rings is 5. The van der Waals surface area contributed by atoms with Gasteiger partial charge in [-0.05, 0) is 54.6 Å². The van der Waals surface area contributed by atoms with Gasteiger partial charge in [0.15, 0.2) is 5.82 Å². The van der Waals surface area contributed by atoms with Gasteiger partial charge in [-0.3, -0.25) is 4.57 Å². The summed E-state index contributed by atoms with van der Waals surface area (Å²) < 4.78 is 4.70. The van der Waals surface area contributed by atoms with Gasteiger partial charge in [0.1, 0.15) is 17.0 Å². The smallest absolute Gasteiger partial charge is 0.160 e. The van der Waals surface area contributed by atoms with Gasteiger partial charge in [0.2, 0.25) is 0 Å². The Morgan fingerprint density at radius 2 is 1.28 bits per heavy atom. The summed E-state index contributed by atoms with van der Waals surface area (Å²) in [4.78, 5) is 20.6. The molecule has 0 bridgehead atoms. The number of nitrogens with zero attached hydrogens (tertiary/aromatic N) is 5. The van der Waals surface area contributed by atoms with E-state index in [9.17, 15) is 0 Å². The molecule has 0 unspecified atom stereocenters. The maximum Gasteiger partial charge on any atom is 0.160 e. The number of hydrogen-bond donors (Lipinski definition) is 0. The van der Waals surface area contributed by atoms with E-state index in [-0.39, 0.29) is 0 Å². The van der Waals surface area contributed by atoms with Crippen molar-refractivity contribution in [3.63, 3.8) is 0 Å². The van der Waals surface area contributed by atoms with Crippen LogP contribution in [-0.4, -0.2) is 24.5 Å². The summed E-state index contributed by atoms with van der Waals surface area (Å²) in [5, 5.41) is 6.75. The van der Waals surface area contributed by atoms with E-state index in [1.807, 2.05) is 41.8 Å². The summed E-state index contributed by atoms with van der Waals surface area (Å²) >= 11 is 1.82. The Morgan fingerprint density at radius 1 is 0.500 bits per heavy atom. The lowest BCUT2D eigenvalue weighted by Gasteiger charge is -2.13. The third-order valence-electron chi connectivity index (χ3n) is 8.86. The molecule has 6 heteroatoms. The highest BCUT2D eigenvalue weighted by Crippen LogP contribution is 2.39. The van der Waals surface area contributed by atoms with Gasteiger partial charge in [0.25, 0.3) is 0 Å². The minimum Gasteiger partial charge on any atom is -0.278 e. The molecule has 0 atom stereocenters. The largest absolute Gasteiger partial charge is 0.278 e. The number of hydrogen-bond acceptors (Lipinski definition) is 5. The predicted octanol–water partition coefficient (Wildman–Crippen LogP) is 10.4. The van der Waals surface area contributed by atoms with Gasteiger partial charge in [-0.2, -0.15) is 0 Å². The van der Waals surface area contributed by atoms with Gasteiger partial charge < -0.3 is 0 Å². The fourth-order valence-corrected chi connectivity index (χ4v) is 7.81. The van der Waals surface area contributed by atoms with Crippen molar-refractivity contribution in [3.05, 3.63) is 140 Å². The summed E-state index contributed by atoms with van der Waals surface area (Å²) in [6.07, 6.45) is 1.84. The van der Waals surface area contributed by atoms with E-state index in [0.29, 0.717) is 5.82 Å². The van der Waals surface area contributed by atoms with Crippen molar-refractivity contribution in [2.75, 3.05) is 0 Å². The zero-order valence-corrected chi connectivity index (χ0v) is 25.2. The molecule has 0 amide bonds. The Labute approximate surface area is 267 Å². The summed E-state index contributed by atoms with van der Waals surface area (Å²) in [7, 11) is 0. The molecular formula is C40H23N5S. The van der Waals surface area contributed by atoms with Crippen LogP contribution in [0.25, 0.3) is 92.4 Å². The van der Waals surface area contributed by atoms with Crippen LogP contribution in [0.5, 0.6) is 0 Å². The molecule has 5 heterocycles. The van der Waals surface area contributed by atoms with Gasteiger partial charge in [0, 0.05) is 59.0 Å². The van der Waals surface area contributed by atoms with Crippen LogP contribution < -0.4 is 0 Å². The summed E-state index contributed by atoms with van der Waals surface area (Å²) in [6, 6.07) is 46.5. The van der Waals surface area contributed by atoms with E-state index in [0.717, 1.165) is 66.4 Å². The van der Waals surface area contributed by atoms with E-state index in [1.54, 1.807) is 0 Å². The molecule has 5 aromatic carbocycles. The van der Waals surface area contributed by atoms with Gasteiger partial charge in [-0.1, -0.05) is 78.9 Å². The monoisotopic (exact) mass is 605 g/mol. The number of fused-ring (bicyclic) bond motifs is 9. The maximum atomic E-state index is 5.33. The fraction of sp³-hybridized carbons (Fsp3) is 0. The molecule has 10 rings (SSSR count). The van der Waals surface area contributed by atoms with E-state index in [4.69, 9.17) is 19.9 Å². The fourth-order valence-electron chi connectivity index (χ4n) is 6.73. The molecule has 0 fully saturated rings. The third-order valence-corrected chi connectivity index (χ3v) is 10.0. The van der Waals surface area contributed by atoms with E-state index in [1.165, 1.54) is 20.2 Å². The third kappa shape index (κ3) is 3.74. The first-order chi connectivity index (χ1) is 22.8. The van der Waals surface area contributed by atoms with Crippen molar-refractivity contribution in [3.8, 4) is 28.5 Å². The van der Waals surface area contributed by atoms with Crippen LogP contribution >= 0.6 is 11.3 Å². The van der Waals surface area contributed by atoms with Crippen LogP contribution in [0, 0.1) is 0 Å². The summed E-state index contributed by atoms with van der Waals surface area (Å²) in [6.45, 7) is 0. The minimum atomic E-state index is 0.677. The molecule has 0 saturated carbocycles. The second kappa shape index (κ2) is 9.76. The molecule has 0 aliphatic carbocycles. The molecule has 0 radical (unpaired) electrons. The lowest BCUT2D eigenvalue weighted by molar-refractivity contribution is 1.07. The minimum absolute atomic E-state index is 0.677. The quantitative estimate of drug-likeness (QED) is 0.188. The molecule has 10 aromatic rings. The van der Waals surface area contributed by atoms with Crippen molar-refractivity contribution in [1.82, 2.24) is 24.5 Å². The maximum absolute atomic E-state index is 5.33. The topological polar surface area (TPSA) is 56.5 Å². The van der Waals surface area contributed by atoms with E-state index in [2.05, 4.69) is 114 Å². The zero-order chi connectivity index (χ0) is 30.2. The van der Waals surface area contributed by atoms with Crippen molar-refractivity contribution < 1.29 is 0 Å². The van der Waals surface area contributed by atoms with Gasteiger partial charge in [0.05, 0.1) is 16.7 Å². The number of thiophene rings is 1. The Kier molecular flexibility index (Phi) is 5.38. The molecule has 0 spiro atoms. The van der Waals surface area contributed by atoms with E-state index < -0.39 is 0 Å². The Bertz CT molecular complexity index is 2760. The van der Waals surface area contributed by atoms with Crippen molar-refractivity contribution in [1.29, 1.82) is 0 Å². The molecule has 0 saturated heterocycles. The zero-order valence-electron chi connectivity index (χ0n) is 24.4. The standard InChI is InChI=1S/C40H23N5S/c1-2-9-25(10-3-1)39-43-36(26-17-20-34-31(23-26)28-12-5-7-15-33(28)46-34)30-19-16-24-18-21-35(42-37(24)38(30)44-39)45-32-14-6-4-11-27(32)29-13-8-22-41-40(29)45/h1-23H. The van der Waals surface area contributed by atoms with Gasteiger partial charge >= 0.3 is 0 Å². The summed E-state index contributed by atoms with van der Waals surface area (Å²) in [5.74, 6) is 1.48. The van der Waals surface area contributed by atoms with Crippen LogP contribution in [0.3, 0.4) is 0 Å². The lowest BCUT2D eigenvalue weighted by atomic mass is 10.0. The Hall–Kier alpha value is -5.98. The van der Waals surface area contributed by atoms with Gasteiger partial charge in [-0.15, -0.1) is 11.3 Å². The van der Waals surface area contributed by atoms with Crippen LogP contribution in [-0.2, 0) is 0 Å². The average Bonchev–Trinajstić information content (AvgIpc) is 3.67. The lowest BCUT2D eigenvalue weighted by Crippen LogP contribution is -2.01. The number of pyridine rings is 2. The number of aromatic nitrogens is 5. The number of rotatable bonds is 3. The molecule has 0 N–H and O–H groups in total. The molecule has 5 nitrogen and oxygen atoms in total. The molecule has 5 aromatic heterocycles. The van der Waals surface area contributed by atoms with E-state index >= 15 is 0 Å². The average molecular weight is 606 g/mol. The molecule has 0 aliphatic heterocycles. The highest BCUT2D eigenvalue weighted by atomic mass is 32.1. The SMILES string of the molecule is c1ccc(-c2nc(-c3ccc4sc5ccccc5c4c3)c3ccc4ccc(-n5c6ccccc6c6cccnc65)nc4c3n2)cc1. The Morgan fingerprint density at radius 3 is 2.22 bits per heavy atom. The number of para-hydroxylation sites is 1. The first-order valence-corrected chi connectivity index (χ1v) is 16.0. The molecule has 0 aliphatic rings. The second-order valence-electron chi connectivity index (χ2n) is 11.5. The van der Waals surface area contributed by atoms with Gasteiger partial charge in [-0.25, -0.2) is 19.9 Å². The van der Waals surface area contributed by atoms with Crippen molar-refractivity contribution in [2.24, 2.45) is 0 Å². The van der Waals surface area contributed by atoms with Crippen LogP contribution in [0.2, 0.25) is 0 Å². The molecular weight excluding hydrogens is 583 g/mol. The predicted molar refractivity (Wildman–Crippen MR) is 191 cm³/mol. The first-order valence-electron chi connectivity index (χ1n) is 15.2. The second-order valence-corrected chi connectivity index (χ2v) is 12.6. The van der Waals surface area contributed by atoms with Crippen molar-refractivity contribution >= 4 is 75.3 Å².